The number of para-hydroxylation sites is 1. The molecule has 1 aromatic carbocycles. The smallest absolute Gasteiger partial charge is 0.293 e. The van der Waals surface area contributed by atoms with Gasteiger partial charge in [0.25, 0.3) is 5.91 Å². The van der Waals surface area contributed by atoms with Gasteiger partial charge in [0.05, 0.1) is 11.8 Å². The van der Waals surface area contributed by atoms with Crippen molar-refractivity contribution in [2.24, 2.45) is 0 Å². The van der Waals surface area contributed by atoms with Gasteiger partial charge in [0.15, 0.2) is 0 Å². The highest BCUT2D eigenvalue weighted by atomic mass is 16.3. The highest BCUT2D eigenvalue weighted by Gasteiger charge is 2.23. The van der Waals surface area contributed by atoms with Crippen molar-refractivity contribution in [2.45, 2.75) is 32.9 Å². The lowest BCUT2D eigenvalue weighted by molar-refractivity contribution is 0.0567. The van der Waals surface area contributed by atoms with Crippen LogP contribution in [0.4, 0.5) is 0 Å². The summed E-state index contributed by atoms with van der Waals surface area (Å²) in [5.74, 6) is -0.145. The van der Waals surface area contributed by atoms with Gasteiger partial charge in [-0.1, -0.05) is 18.2 Å². The molecule has 0 saturated heterocycles. The Balaban J connectivity index is 2.22. The topological polar surface area (TPSA) is 71.2 Å². The van der Waals surface area contributed by atoms with E-state index in [0.717, 1.165) is 5.69 Å². The number of rotatable bonds is 5. The molecule has 1 atom stereocenters. The number of hydrogen-bond acceptors (Lipinski definition) is 4. The van der Waals surface area contributed by atoms with E-state index in [-0.39, 0.29) is 24.3 Å². The van der Waals surface area contributed by atoms with E-state index in [2.05, 4.69) is 10.1 Å². The average molecular weight is 288 g/mol. The number of nitrogens with zero attached hydrogens (tertiary/aromatic N) is 4. The lowest BCUT2D eigenvalue weighted by Gasteiger charge is -2.26. The molecule has 6 heteroatoms. The summed E-state index contributed by atoms with van der Waals surface area (Å²) in [6.07, 6.45) is 0.927. The van der Waals surface area contributed by atoms with Crippen molar-refractivity contribution < 1.29 is 9.90 Å². The summed E-state index contributed by atoms with van der Waals surface area (Å²) in [5.41, 5.74) is 0.843. The van der Waals surface area contributed by atoms with Crippen LogP contribution in [-0.2, 0) is 0 Å². The van der Waals surface area contributed by atoms with Crippen LogP contribution in [0.2, 0.25) is 0 Å². The van der Waals surface area contributed by atoms with Crippen molar-refractivity contribution >= 4 is 5.91 Å². The Bertz CT molecular complexity index is 593. The summed E-state index contributed by atoms with van der Waals surface area (Å²) >= 11 is 0. The maximum absolute atomic E-state index is 12.4. The highest BCUT2D eigenvalue weighted by Crippen LogP contribution is 2.09. The number of aromatic nitrogens is 3. The zero-order chi connectivity index (χ0) is 15.4. The van der Waals surface area contributed by atoms with Gasteiger partial charge in [-0.2, -0.15) is 0 Å². The molecule has 0 spiro atoms. The van der Waals surface area contributed by atoms with E-state index in [4.69, 9.17) is 0 Å². The molecule has 0 aliphatic carbocycles. The maximum atomic E-state index is 12.4. The standard InChI is InChI=1S/C15H20N4O2/c1-11(2)18(9-12(3)20)15(21)14-16-10-19(17-14)13-7-5-4-6-8-13/h4-8,10-12,20H,9H2,1-3H3. The molecule has 112 valence electrons. The summed E-state index contributed by atoms with van der Waals surface area (Å²) in [4.78, 5) is 18.1. The minimum Gasteiger partial charge on any atom is -0.392 e. The molecule has 21 heavy (non-hydrogen) atoms. The van der Waals surface area contributed by atoms with Gasteiger partial charge in [-0.15, -0.1) is 5.10 Å². The Kier molecular flexibility index (Phi) is 4.70. The second kappa shape index (κ2) is 6.49. The molecule has 1 amide bonds. The molecule has 1 unspecified atom stereocenters. The fourth-order valence-electron chi connectivity index (χ4n) is 2.01. The summed E-state index contributed by atoms with van der Waals surface area (Å²) in [5, 5.41) is 13.7. The number of amides is 1. The van der Waals surface area contributed by atoms with E-state index >= 15 is 0 Å². The van der Waals surface area contributed by atoms with Crippen molar-refractivity contribution in [3.63, 3.8) is 0 Å². The predicted octanol–water partition coefficient (Wildman–Crippen LogP) is 1.50. The molecule has 1 N–H and O–H groups in total. The third-order valence-electron chi connectivity index (χ3n) is 3.05. The number of aliphatic hydroxyl groups excluding tert-OH is 1. The van der Waals surface area contributed by atoms with Crippen LogP contribution < -0.4 is 0 Å². The Hall–Kier alpha value is -2.21. The Labute approximate surface area is 124 Å². The SMILES string of the molecule is CC(O)CN(C(=O)c1ncn(-c2ccccc2)n1)C(C)C. The molecular weight excluding hydrogens is 268 g/mol. The van der Waals surface area contributed by atoms with Gasteiger partial charge in [0.2, 0.25) is 5.82 Å². The van der Waals surface area contributed by atoms with Gasteiger partial charge in [0.1, 0.15) is 6.33 Å². The third kappa shape index (κ3) is 3.66. The molecule has 1 aromatic heterocycles. The van der Waals surface area contributed by atoms with Gasteiger partial charge >= 0.3 is 0 Å². The lowest BCUT2D eigenvalue weighted by Crippen LogP contribution is -2.41. The quantitative estimate of drug-likeness (QED) is 0.905. The van der Waals surface area contributed by atoms with E-state index in [1.165, 1.54) is 6.33 Å². The third-order valence-corrected chi connectivity index (χ3v) is 3.05. The number of benzene rings is 1. The lowest BCUT2D eigenvalue weighted by atomic mass is 10.2. The monoisotopic (exact) mass is 288 g/mol. The normalized spacial score (nSPS) is 12.4. The zero-order valence-corrected chi connectivity index (χ0v) is 12.5. The molecule has 0 aliphatic rings. The first-order valence-corrected chi connectivity index (χ1v) is 6.95. The van der Waals surface area contributed by atoms with Gasteiger partial charge in [0, 0.05) is 12.6 Å². The number of hydrogen-bond donors (Lipinski definition) is 1. The molecule has 1 heterocycles. The van der Waals surface area contributed by atoms with Crippen LogP contribution in [0.15, 0.2) is 36.7 Å². The maximum Gasteiger partial charge on any atom is 0.293 e. The van der Waals surface area contributed by atoms with Crippen LogP contribution in [-0.4, -0.2) is 49.4 Å². The average Bonchev–Trinajstić information content (AvgIpc) is 2.94. The number of carbonyl (C=O) groups is 1. The van der Waals surface area contributed by atoms with Crippen molar-refractivity contribution in [3.8, 4) is 5.69 Å². The van der Waals surface area contributed by atoms with Crippen molar-refractivity contribution in [1.29, 1.82) is 0 Å². The Morgan fingerprint density at radius 2 is 1.95 bits per heavy atom. The van der Waals surface area contributed by atoms with Crippen molar-refractivity contribution in [2.75, 3.05) is 6.54 Å². The fraction of sp³-hybridized carbons (Fsp3) is 0.400. The molecule has 2 aromatic rings. The zero-order valence-electron chi connectivity index (χ0n) is 12.5. The molecule has 0 radical (unpaired) electrons. The van der Waals surface area contributed by atoms with E-state index in [9.17, 15) is 9.90 Å². The molecule has 2 rings (SSSR count). The van der Waals surface area contributed by atoms with Gasteiger partial charge < -0.3 is 10.0 Å². The second-order valence-electron chi connectivity index (χ2n) is 5.25. The van der Waals surface area contributed by atoms with Crippen LogP contribution in [0.1, 0.15) is 31.4 Å². The first-order chi connectivity index (χ1) is 9.99. The van der Waals surface area contributed by atoms with E-state index in [1.54, 1.807) is 16.5 Å². The van der Waals surface area contributed by atoms with Gasteiger partial charge in [-0.25, -0.2) is 9.67 Å². The summed E-state index contributed by atoms with van der Waals surface area (Å²) < 4.78 is 1.56. The first kappa shape index (κ1) is 15.2. The molecule has 6 nitrogen and oxygen atoms in total. The van der Waals surface area contributed by atoms with Crippen molar-refractivity contribution in [3.05, 3.63) is 42.5 Å². The predicted molar refractivity (Wildman–Crippen MR) is 79.2 cm³/mol. The Morgan fingerprint density at radius 1 is 1.29 bits per heavy atom. The van der Waals surface area contributed by atoms with E-state index in [0.29, 0.717) is 0 Å². The largest absolute Gasteiger partial charge is 0.392 e. The minimum absolute atomic E-state index is 0.0317. The van der Waals surface area contributed by atoms with Gasteiger partial charge in [-0.3, -0.25) is 4.79 Å². The summed E-state index contributed by atoms with van der Waals surface area (Å²) in [6, 6.07) is 9.45. The van der Waals surface area contributed by atoms with E-state index in [1.807, 2.05) is 44.2 Å². The fourth-order valence-corrected chi connectivity index (χ4v) is 2.01. The molecular formula is C15H20N4O2. The van der Waals surface area contributed by atoms with Crippen LogP contribution in [0.25, 0.3) is 5.69 Å². The highest BCUT2D eigenvalue weighted by molar-refractivity contribution is 5.90. The van der Waals surface area contributed by atoms with Crippen molar-refractivity contribution in [1.82, 2.24) is 19.7 Å². The second-order valence-corrected chi connectivity index (χ2v) is 5.25. The van der Waals surface area contributed by atoms with Crippen LogP contribution in [0, 0.1) is 0 Å². The van der Waals surface area contributed by atoms with Crippen LogP contribution in [0.5, 0.6) is 0 Å². The molecule has 0 fully saturated rings. The summed E-state index contributed by atoms with van der Waals surface area (Å²) in [7, 11) is 0. The number of carbonyl (C=O) groups excluding carboxylic acids is 1. The van der Waals surface area contributed by atoms with E-state index < -0.39 is 6.10 Å². The minimum atomic E-state index is -0.590. The molecule has 0 saturated carbocycles. The summed E-state index contributed by atoms with van der Waals surface area (Å²) in [6.45, 7) is 5.71. The molecule has 0 aliphatic heterocycles. The van der Waals surface area contributed by atoms with Crippen LogP contribution in [0.3, 0.4) is 0 Å². The Morgan fingerprint density at radius 3 is 2.52 bits per heavy atom. The number of aliphatic hydroxyl groups is 1. The van der Waals surface area contributed by atoms with Gasteiger partial charge in [-0.05, 0) is 32.9 Å². The molecule has 0 bridgehead atoms. The first-order valence-electron chi connectivity index (χ1n) is 6.95. The van der Waals surface area contributed by atoms with Crippen LogP contribution >= 0.6 is 0 Å².